The maximum Gasteiger partial charge on any atom is 0.247 e. The Labute approximate surface area is 163 Å². The summed E-state index contributed by atoms with van der Waals surface area (Å²) in [6.45, 7) is 4.80. The number of carbonyl (C=O) groups excluding carboxylic acids is 2. The number of hydrogen-bond acceptors (Lipinski definition) is 4. The van der Waals surface area contributed by atoms with Crippen LogP contribution in [0.5, 0.6) is 0 Å². The van der Waals surface area contributed by atoms with E-state index in [1.165, 1.54) is 0 Å². The quantitative estimate of drug-likeness (QED) is 0.622. The normalized spacial score (nSPS) is 28.9. The first-order chi connectivity index (χ1) is 12.4. The highest BCUT2D eigenvalue weighted by Gasteiger charge is 2.62. The molecule has 0 aromatic heterocycles. The van der Waals surface area contributed by atoms with Gasteiger partial charge in [0.2, 0.25) is 11.8 Å². The number of benzene rings is 1. The molecule has 1 N–H and O–H groups in total. The molecule has 5 nitrogen and oxygen atoms in total. The molecule has 0 radical (unpaired) electrons. The third kappa shape index (κ3) is 2.24. The lowest BCUT2D eigenvalue weighted by Crippen LogP contribution is -2.72. The Morgan fingerprint density at radius 2 is 2.19 bits per heavy atom. The highest BCUT2D eigenvalue weighted by molar-refractivity contribution is 7.80. The van der Waals surface area contributed by atoms with E-state index in [2.05, 4.69) is 10.2 Å². The third-order valence-electron chi connectivity index (χ3n) is 6.16. The predicted molar refractivity (Wildman–Crippen MR) is 105 cm³/mol. The van der Waals surface area contributed by atoms with Gasteiger partial charge in [0.15, 0.2) is 10.5 Å². The van der Waals surface area contributed by atoms with E-state index in [4.69, 9.17) is 23.8 Å². The number of amides is 2. The number of carbonyl (C=O) groups is 2. The SMILES string of the molecule is CC[C@H](C)N1C(=O)[C@]2(Cc3c(Cl)cccc3N3CCC[C@@H]32)C(=O)NC1=S. The van der Waals surface area contributed by atoms with Crippen LogP contribution in [0.15, 0.2) is 18.2 Å². The van der Waals surface area contributed by atoms with Crippen LogP contribution in [-0.2, 0) is 16.0 Å². The molecule has 26 heavy (non-hydrogen) atoms. The van der Waals surface area contributed by atoms with E-state index in [1.54, 1.807) is 4.90 Å². The molecule has 0 bridgehead atoms. The fraction of sp³-hybridized carbons (Fsp3) is 0.526. The molecule has 2 amide bonds. The van der Waals surface area contributed by atoms with E-state index < -0.39 is 5.41 Å². The first-order valence-electron chi connectivity index (χ1n) is 9.15. The van der Waals surface area contributed by atoms with Crippen molar-refractivity contribution in [2.75, 3.05) is 11.4 Å². The number of hydrogen-bond donors (Lipinski definition) is 1. The molecule has 138 valence electrons. The third-order valence-corrected chi connectivity index (χ3v) is 6.81. The summed E-state index contributed by atoms with van der Waals surface area (Å²) >= 11 is 11.8. The fourth-order valence-corrected chi connectivity index (χ4v) is 5.25. The van der Waals surface area contributed by atoms with Crippen LogP contribution in [0.25, 0.3) is 0 Å². The molecular formula is C19H22ClN3O2S. The molecule has 1 aromatic carbocycles. The number of nitrogens with one attached hydrogen (secondary N) is 1. The number of nitrogens with zero attached hydrogens (tertiary/aromatic N) is 2. The van der Waals surface area contributed by atoms with Crippen LogP contribution in [0.2, 0.25) is 5.02 Å². The maximum atomic E-state index is 13.7. The Morgan fingerprint density at radius 3 is 2.92 bits per heavy atom. The summed E-state index contributed by atoms with van der Waals surface area (Å²) in [7, 11) is 0. The minimum atomic E-state index is -1.17. The monoisotopic (exact) mass is 391 g/mol. The van der Waals surface area contributed by atoms with E-state index in [9.17, 15) is 9.59 Å². The molecule has 3 atom stereocenters. The lowest BCUT2D eigenvalue weighted by Gasteiger charge is -2.51. The molecule has 0 saturated carbocycles. The second-order valence-electron chi connectivity index (χ2n) is 7.43. The number of anilines is 1. The van der Waals surface area contributed by atoms with Crippen LogP contribution < -0.4 is 10.2 Å². The van der Waals surface area contributed by atoms with Crippen LogP contribution >= 0.6 is 23.8 Å². The molecule has 2 fully saturated rings. The Bertz CT molecular complexity index is 814. The zero-order valence-corrected chi connectivity index (χ0v) is 16.5. The summed E-state index contributed by atoms with van der Waals surface area (Å²) in [5.41, 5.74) is 0.766. The lowest BCUT2D eigenvalue weighted by molar-refractivity contribution is -0.153. The lowest BCUT2D eigenvalue weighted by atomic mass is 9.68. The Kier molecular flexibility index (Phi) is 4.23. The van der Waals surface area contributed by atoms with Gasteiger partial charge in [-0.3, -0.25) is 14.5 Å². The van der Waals surface area contributed by atoms with Crippen molar-refractivity contribution in [1.29, 1.82) is 0 Å². The van der Waals surface area contributed by atoms with Crippen molar-refractivity contribution in [3.05, 3.63) is 28.8 Å². The second-order valence-corrected chi connectivity index (χ2v) is 8.22. The van der Waals surface area contributed by atoms with Crippen molar-refractivity contribution in [3.8, 4) is 0 Å². The van der Waals surface area contributed by atoms with Crippen LogP contribution in [0.4, 0.5) is 5.69 Å². The van der Waals surface area contributed by atoms with Gasteiger partial charge in [0, 0.05) is 29.7 Å². The minimum Gasteiger partial charge on any atom is -0.367 e. The molecule has 3 aliphatic rings. The predicted octanol–water partition coefficient (Wildman–Crippen LogP) is 2.89. The van der Waals surface area contributed by atoms with Crippen molar-refractivity contribution in [2.45, 2.75) is 51.6 Å². The van der Waals surface area contributed by atoms with Gasteiger partial charge in [-0.2, -0.15) is 0 Å². The molecule has 7 heteroatoms. The average Bonchev–Trinajstić information content (AvgIpc) is 3.10. The van der Waals surface area contributed by atoms with Gasteiger partial charge in [-0.05, 0) is 56.1 Å². The Morgan fingerprint density at radius 1 is 1.42 bits per heavy atom. The first-order valence-corrected chi connectivity index (χ1v) is 9.93. The summed E-state index contributed by atoms with van der Waals surface area (Å²) in [5.74, 6) is -0.461. The van der Waals surface area contributed by atoms with Gasteiger partial charge >= 0.3 is 0 Å². The molecule has 1 aromatic rings. The van der Waals surface area contributed by atoms with Gasteiger partial charge in [-0.1, -0.05) is 24.6 Å². The van der Waals surface area contributed by atoms with E-state index in [1.807, 2.05) is 32.0 Å². The highest BCUT2D eigenvalue weighted by atomic mass is 35.5. The van der Waals surface area contributed by atoms with Crippen LogP contribution in [-0.4, -0.2) is 40.5 Å². The van der Waals surface area contributed by atoms with Crippen LogP contribution in [0.1, 0.15) is 38.7 Å². The zero-order chi connectivity index (χ0) is 18.6. The van der Waals surface area contributed by atoms with Crippen molar-refractivity contribution >= 4 is 46.4 Å². The van der Waals surface area contributed by atoms with Gasteiger partial charge in [-0.15, -0.1) is 0 Å². The molecule has 0 unspecified atom stereocenters. The topological polar surface area (TPSA) is 52.7 Å². The fourth-order valence-electron chi connectivity index (χ4n) is 4.66. The minimum absolute atomic E-state index is 0.0602. The van der Waals surface area contributed by atoms with Crippen molar-refractivity contribution in [1.82, 2.24) is 10.2 Å². The van der Waals surface area contributed by atoms with E-state index in [0.29, 0.717) is 11.4 Å². The summed E-state index contributed by atoms with van der Waals surface area (Å²) in [4.78, 5) is 30.7. The van der Waals surface area contributed by atoms with E-state index >= 15 is 0 Å². The van der Waals surface area contributed by atoms with Gasteiger partial charge < -0.3 is 10.2 Å². The number of thiocarbonyl (C=S) groups is 1. The largest absolute Gasteiger partial charge is 0.367 e. The Balaban J connectivity index is 1.88. The number of rotatable bonds is 2. The van der Waals surface area contributed by atoms with Crippen LogP contribution in [0.3, 0.4) is 0 Å². The van der Waals surface area contributed by atoms with Crippen molar-refractivity contribution in [2.24, 2.45) is 5.41 Å². The Hall–Kier alpha value is -1.66. The summed E-state index contributed by atoms with van der Waals surface area (Å²) in [6, 6.07) is 5.57. The van der Waals surface area contributed by atoms with E-state index in [0.717, 1.165) is 37.1 Å². The molecule has 1 spiro atoms. The molecular weight excluding hydrogens is 370 g/mol. The van der Waals surface area contributed by atoms with Gasteiger partial charge in [0.05, 0.1) is 6.04 Å². The molecule has 3 heterocycles. The van der Waals surface area contributed by atoms with E-state index in [-0.39, 0.29) is 29.0 Å². The smallest absolute Gasteiger partial charge is 0.247 e. The van der Waals surface area contributed by atoms with Gasteiger partial charge in [-0.25, -0.2) is 0 Å². The molecule has 3 aliphatic heterocycles. The second kappa shape index (κ2) is 6.20. The maximum absolute atomic E-state index is 13.7. The molecule has 2 saturated heterocycles. The van der Waals surface area contributed by atoms with Gasteiger partial charge in [0.25, 0.3) is 0 Å². The number of halogens is 1. The highest BCUT2D eigenvalue weighted by Crippen LogP contribution is 2.50. The van der Waals surface area contributed by atoms with Gasteiger partial charge in [0.1, 0.15) is 0 Å². The van der Waals surface area contributed by atoms with Crippen molar-refractivity contribution < 1.29 is 9.59 Å². The summed E-state index contributed by atoms with van der Waals surface area (Å²) in [6.07, 6.45) is 2.85. The molecule has 4 rings (SSSR count). The summed E-state index contributed by atoms with van der Waals surface area (Å²) in [5, 5.41) is 3.65. The zero-order valence-electron chi connectivity index (χ0n) is 14.9. The standard InChI is InChI=1S/C19H22ClN3O2S/c1-3-11(2)23-17(25)19(16(24)21-18(23)26)10-12-13(20)6-4-7-14(12)22-9-5-8-15(19)22/h4,6-7,11,15H,3,5,8-10H2,1-2H3,(H,21,24,26)/t11-,15+,19-/m0/s1. The first kappa shape index (κ1) is 17.7. The van der Waals surface area contributed by atoms with Crippen molar-refractivity contribution in [3.63, 3.8) is 0 Å². The average molecular weight is 392 g/mol. The molecule has 0 aliphatic carbocycles. The number of fused-ring (bicyclic) bond motifs is 4. The van der Waals surface area contributed by atoms with Crippen LogP contribution in [0, 0.1) is 5.41 Å². The summed E-state index contributed by atoms with van der Waals surface area (Å²) < 4.78 is 0.